The first-order valence-corrected chi connectivity index (χ1v) is 8.08. The molecule has 0 aromatic carbocycles. The van der Waals surface area contributed by atoms with Gasteiger partial charge in [-0.15, -0.1) is 0 Å². The maximum atomic E-state index is 13.0. The van der Waals surface area contributed by atoms with Gasteiger partial charge in [-0.3, -0.25) is 9.59 Å². The van der Waals surface area contributed by atoms with Crippen LogP contribution >= 0.6 is 0 Å². The van der Waals surface area contributed by atoms with Crippen LogP contribution in [0.5, 0.6) is 0 Å². The summed E-state index contributed by atoms with van der Waals surface area (Å²) in [5.74, 6) is 0.853. The van der Waals surface area contributed by atoms with E-state index in [-0.39, 0.29) is 11.8 Å². The summed E-state index contributed by atoms with van der Waals surface area (Å²) >= 11 is 0. The Morgan fingerprint density at radius 1 is 1.15 bits per heavy atom. The quantitative estimate of drug-likeness (QED) is 0.859. The van der Waals surface area contributed by atoms with Crippen LogP contribution in [0.4, 0.5) is 0 Å². The zero-order valence-corrected chi connectivity index (χ0v) is 12.7. The minimum Gasteiger partial charge on any atom is -0.342 e. The molecule has 1 N–H and O–H groups in total. The van der Waals surface area contributed by atoms with Gasteiger partial charge in [0.1, 0.15) is 5.54 Å². The van der Waals surface area contributed by atoms with Crippen LogP contribution in [0.2, 0.25) is 0 Å². The van der Waals surface area contributed by atoms with Crippen LogP contribution in [0, 0.1) is 11.3 Å². The molecule has 3 rings (SSSR count). The summed E-state index contributed by atoms with van der Waals surface area (Å²) in [5, 5.41) is 3.04. The summed E-state index contributed by atoms with van der Waals surface area (Å²) in [6.45, 7) is 5.95. The summed E-state index contributed by atoms with van der Waals surface area (Å²) in [4.78, 5) is 26.9. The smallest absolute Gasteiger partial charge is 0.248 e. The van der Waals surface area contributed by atoms with Gasteiger partial charge < -0.3 is 10.2 Å². The average molecular weight is 278 g/mol. The van der Waals surface area contributed by atoms with E-state index in [9.17, 15) is 9.59 Å². The monoisotopic (exact) mass is 278 g/mol. The zero-order chi connectivity index (χ0) is 14.4. The van der Waals surface area contributed by atoms with Crippen LogP contribution in [-0.2, 0) is 9.59 Å². The highest BCUT2D eigenvalue weighted by atomic mass is 16.2. The molecule has 4 nitrogen and oxygen atoms in total. The van der Waals surface area contributed by atoms with Gasteiger partial charge in [0.05, 0.1) is 0 Å². The van der Waals surface area contributed by atoms with E-state index in [1.807, 2.05) is 4.90 Å². The normalized spacial score (nSPS) is 27.9. The number of nitrogens with zero attached hydrogens (tertiary/aromatic N) is 1. The van der Waals surface area contributed by atoms with Gasteiger partial charge >= 0.3 is 0 Å². The molecular formula is C16H26N2O2. The lowest BCUT2D eigenvalue weighted by Crippen LogP contribution is -2.56. The Balaban J connectivity index is 1.80. The standard InChI is InChI=1S/C16H26N2O2/c1-12(2)15(8-9-15)11-18-10-5-13(19)17-16(14(18)20)6-3-4-7-16/h12H,3-11H2,1-2H3,(H,17,19). The molecule has 2 aliphatic carbocycles. The maximum absolute atomic E-state index is 13.0. The largest absolute Gasteiger partial charge is 0.342 e. The molecule has 112 valence electrons. The molecular weight excluding hydrogens is 252 g/mol. The molecule has 0 aromatic rings. The lowest BCUT2D eigenvalue weighted by atomic mass is 9.90. The second-order valence-corrected chi connectivity index (χ2v) is 7.33. The Labute approximate surface area is 121 Å². The van der Waals surface area contributed by atoms with Gasteiger partial charge in [0.15, 0.2) is 0 Å². The Morgan fingerprint density at radius 2 is 1.80 bits per heavy atom. The fraction of sp³-hybridized carbons (Fsp3) is 0.875. The minimum absolute atomic E-state index is 0.0529. The predicted octanol–water partition coefficient (Wildman–Crippen LogP) is 2.08. The molecule has 0 bridgehead atoms. The molecule has 1 aliphatic heterocycles. The Hall–Kier alpha value is -1.06. The number of carbonyl (C=O) groups excluding carboxylic acids is 2. The predicted molar refractivity (Wildman–Crippen MR) is 77.0 cm³/mol. The van der Waals surface area contributed by atoms with E-state index in [4.69, 9.17) is 0 Å². The molecule has 1 saturated heterocycles. The van der Waals surface area contributed by atoms with Crippen molar-refractivity contribution in [1.29, 1.82) is 0 Å². The fourth-order valence-electron chi connectivity index (χ4n) is 3.95. The summed E-state index contributed by atoms with van der Waals surface area (Å²) < 4.78 is 0. The van der Waals surface area contributed by atoms with Gasteiger partial charge in [-0.25, -0.2) is 0 Å². The molecule has 0 atom stereocenters. The third-order valence-corrected chi connectivity index (χ3v) is 5.76. The van der Waals surface area contributed by atoms with Gasteiger partial charge in [0.25, 0.3) is 0 Å². The van der Waals surface area contributed by atoms with Crippen LogP contribution in [0.25, 0.3) is 0 Å². The van der Waals surface area contributed by atoms with Crippen LogP contribution in [0.15, 0.2) is 0 Å². The van der Waals surface area contributed by atoms with Gasteiger partial charge in [-0.05, 0) is 37.0 Å². The van der Waals surface area contributed by atoms with E-state index < -0.39 is 5.54 Å². The Morgan fingerprint density at radius 3 is 2.35 bits per heavy atom. The SMILES string of the molecule is CC(C)C1(CN2CCC(=O)NC3(CCCC3)C2=O)CC1. The highest BCUT2D eigenvalue weighted by Gasteiger charge is 2.51. The van der Waals surface area contributed by atoms with Crippen molar-refractivity contribution in [3.05, 3.63) is 0 Å². The van der Waals surface area contributed by atoms with E-state index in [0.717, 1.165) is 32.2 Å². The lowest BCUT2D eigenvalue weighted by molar-refractivity contribution is -0.139. The first kappa shape index (κ1) is 13.9. The van der Waals surface area contributed by atoms with Crippen molar-refractivity contribution in [3.63, 3.8) is 0 Å². The van der Waals surface area contributed by atoms with E-state index in [2.05, 4.69) is 19.2 Å². The maximum Gasteiger partial charge on any atom is 0.248 e. The molecule has 20 heavy (non-hydrogen) atoms. The van der Waals surface area contributed by atoms with Crippen LogP contribution in [0.1, 0.15) is 58.8 Å². The van der Waals surface area contributed by atoms with Crippen LogP contribution in [-0.4, -0.2) is 35.3 Å². The van der Waals surface area contributed by atoms with Crippen molar-refractivity contribution < 1.29 is 9.59 Å². The molecule has 1 spiro atoms. The van der Waals surface area contributed by atoms with Gasteiger partial charge in [-0.2, -0.15) is 0 Å². The summed E-state index contributed by atoms with van der Waals surface area (Å²) in [6.07, 6.45) is 6.66. The number of amides is 2. The molecule has 0 unspecified atom stereocenters. The molecule has 4 heteroatoms. The van der Waals surface area contributed by atoms with Crippen molar-refractivity contribution in [1.82, 2.24) is 10.2 Å². The third-order valence-electron chi connectivity index (χ3n) is 5.76. The van der Waals surface area contributed by atoms with Crippen LogP contribution < -0.4 is 5.32 Å². The number of hydrogen-bond acceptors (Lipinski definition) is 2. The number of hydrogen-bond donors (Lipinski definition) is 1. The molecule has 3 fully saturated rings. The number of nitrogens with one attached hydrogen (secondary N) is 1. The average Bonchev–Trinajstić information content (AvgIpc) is 3.07. The second-order valence-electron chi connectivity index (χ2n) is 7.33. The second kappa shape index (κ2) is 4.74. The van der Waals surface area contributed by atoms with Crippen molar-refractivity contribution in [2.45, 2.75) is 64.3 Å². The summed E-state index contributed by atoms with van der Waals surface area (Å²) in [5.41, 5.74) is -0.247. The molecule has 3 aliphatic rings. The zero-order valence-electron chi connectivity index (χ0n) is 12.7. The summed E-state index contributed by atoms with van der Waals surface area (Å²) in [7, 11) is 0. The van der Waals surface area contributed by atoms with Gasteiger partial charge in [0, 0.05) is 19.5 Å². The van der Waals surface area contributed by atoms with Gasteiger partial charge in [0.2, 0.25) is 11.8 Å². The van der Waals surface area contributed by atoms with Crippen molar-refractivity contribution in [2.75, 3.05) is 13.1 Å². The van der Waals surface area contributed by atoms with E-state index in [1.54, 1.807) is 0 Å². The van der Waals surface area contributed by atoms with Crippen molar-refractivity contribution in [2.24, 2.45) is 11.3 Å². The van der Waals surface area contributed by atoms with E-state index in [1.165, 1.54) is 12.8 Å². The van der Waals surface area contributed by atoms with E-state index in [0.29, 0.717) is 24.3 Å². The minimum atomic E-state index is -0.569. The fourth-order valence-corrected chi connectivity index (χ4v) is 3.95. The Kier molecular flexibility index (Phi) is 3.30. The first-order chi connectivity index (χ1) is 9.47. The molecule has 2 amide bonds. The number of carbonyl (C=O) groups is 2. The topological polar surface area (TPSA) is 49.4 Å². The Bertz CT molecular complexity index is 420. The highest BCUT2D eigenvalue weighted by molar-refractivity contribution is 5.93. The van der Waals surface area contributed by atoms with Crippen LogP contribution in [0.3, 0.4) is 0 Å². The molecule has 0 aromatic heterocycles. The number of rotatable bonds is 3. The molecule has 0 radical (unpaired) electrons. The summed E-state index contributed by atoms with van der Waals surface area (Å²) in [6, 6.07) is 0. The molecule has 1 heterocycles. The lowest BCUT2D eigenvalue weighted by Gasteiger charge is -2.35. The molecule has 2 saturated carbocycles. The van der Waals surface area contributed by atoms with Crippen molar-refractivity contribution >= 4 is 11.8 Å². The third kappa shape index (κ3) is 2.23. The van der Waals surface area contributed by atoms with Gasteiger partial charge in [-0.1, -0.05) is 26.7 Å². The van der Waals surface area contributed by atoms with E-state index >= 15 is 0 Å². The van der Waals surface area contributed by atoms with Crippen molar-refractivity contribution in [3.8, 4) is 0 Å². The highest BCUT2D eigenvalue weighted by Crippen LogP contribution is 2.52. The first-order valence-electron chi connectivity index (χ1n) is 8.08.